The number of carbonyl (C=O) groups excluding carboxylic acids is 1. The third kappa shape index (κ3) is 4.33. The Morgan fingerprint density at radius 1 is 1.20 bits per heavy atom. The van der Waals surface area contributed by atoms with Crippen LogP contribution in [-0.4, -0.2) is 42.2 Å². The molecular formula is C18H19F3N2O6S. The lowest BCUT2D eigenvalue weighted by atomic mass is 10.0. The summed E-state index contributed by atoms with van der Waals surface area (Å²) in [6.45, 7) is 0.658. The zero-order chi connectivity index (χ0) is 22.9. The molecule has 1 heterocycles. The van der Waals surface area contributed by atoms with Crippen LogP contribution in [0, 0.1) is 17.5 Å². The van der Waals surface area contributed by atoms with Gasteiger partial charge in [0, 0.05) is 30.6 Å². The highest BCUT2D eigenvalue weighted by atomic mass is 32.2. The number of aryl methyl sites for hydroxylation is 1. The van der Waals surface area contributed by atoms with Gasteiger partial charge in [0.15, 0.2) is 32.0 Å². The third-order valence-corrected chi connectivity index (χ3v) is 6.85. The van der Waals surface area contributed by atoms with Gasteiger partial charge in [0.2, 0.25) is 0 Å². The number of hydrogen-bond acceptors (Lipinski definition) is 6. The first-order valence-electron chi connectivity index (χ1n) is 8.43. The van der Waals surface area contributed by atoms with Crippen LogP contribution in [0.25, 0.3) is 11.1 Å². The molecule has 0 aliphatic carbocycles. The van der Waals surface area contributed by atoms with E-state index in [4.69, 9.17) is 5.21 Å². The third-order valence-electron chi connectivity index (χ3n) is 4.82. The van der Waals surface area contributed by atoms with Crippen molar-refractivity contribution < 1.29 is 36.3 Å². The van der Waals surface area contributed by atoms with Crippen molar-refractivity contribution in [1.82, 2.24) is 10.0 Å². The minimum atomic E-state index is -4.01. The molecule has 0 saturated heterocycles. The SMILES string of the molecule is COc1c(F)cc(-c2cc(=O)n(CCC(C)(C(=O)NO)S(C)(=O)=O)cc2F)cc1F. The zero-order valence-corrected chi connectivity index (χ0v) is 17.0. The molecular weight excluding hydrogens is 429 g/mol. The van der Waals surface area contributed by atoms with E-state index in [0.29, 0.717) is 0 Å². The highest BCUT2D eigenvalue weighted by Crippen LogP contribution is 2.29. The molecule has 0 bridgehead atoms. The Bertz CT molecular complexity index is 1130. The van der Waals surface area contributed by atoms with E-state index in [1.807, 2.05) is 0 Å². The maximum absolute atomic E-state index is 14.6. The lowest BCUT2D eigenvalue weighted by Gasteiger charge is -2.25. The average Bonchev–Trinajstić information content (AvgIpc) is 2.66. The number of hydrogen-bond donors (Lipinski definition) is 2. The number of ether oxygens (including phenoxy) is 1. The van der Waals surface area contributed by atoms with Crippen molar-refractivity contribution in [2.75, 3.05) is 13.4 Å². The second-order valence-corrected chi connectivity index (χ2v) is 9.18. The van der Waals surface area contributed by atoms with Gasteiger partial charge in [-0.2, -0.15) is 0 Å². The predicted molar refractivity (Wildman–Crippen MR) is 100 cm³/mol. The summed E-state index contributed by atoms with van der Waals surface area (Å²) in [7, 11) is -2.95. The highest BCUT2D eigenvalue weighted by molar-refractivity contribution is 7.92. The first kappa shape index (κ1) is 23.4. The fourth-order valence-corrected chi connectivity index (χ4v) is 3.62. The van der Waals surface area contributed by atoms with E-state index in [0.717, 1.165) is 49.3 Å². The second kappa shape index (κ2) is 8.48. The maximum Gasteiger partial charge on any atom is 0.264 e. The first-order chi connectivity index (χ1) is 13.9. The van der Waals surface area contributed by atoms with E-state index in [2.05, 4.69) is 4.74 Å². The van der Waals surface area contributed by atoms with Gasteiger partial charge in [-0.05, 0) is 31.0 Å². The number of pyridine rings is 1. The molecule has 1 atom stereocenters. The van der Waals surface area contributed by atoms with Crippen molar-refractivity contribution in [2.45, 2.75) is 24.6 Å². The van der Waals surface area contributed by atoms with Crippen LogP contribution in [-0.2, 0) is 21.2 Å². The zero-order valence-electron chi connectivity index (χ0n) is 16.2. The Morgan fingerprint density at radius 2 is 1.77 bits per heavy atom. The second-order valence-electron chi connectivity index (χ2n) is 6.73. The standard InChI is InChI=1S/C18H19F3N2O6S/c1-18(17(25)22-26,30(3,27)28)4-5-23-9-14(21)11(8-15(23)24)10-6-12(19)16(29-2)13(20)7-10/h6-9,26H,4-5H2,1-3H3,(H,22,25). The Balaban J connectivity index is 2.43. The molecule has 1 amide bonds. The number of benzene rings is 1. The number of halogens is 3. The summed E-state index contributed by atoms with van der Waals surface area (Å²) in [6.07, 6.45) is 1.06. The van der Waals surface area contributed by atoms with Crippen LogP contribution in [0.4, 0.5) is 13.2 Å². The minimum absolute atomic E-state index is 0.242. The lowest BCUT2D eigenvalue weighted by molar-refractivity contribution is -0.131. The van der Waals surface area contributed by atoms with Crippen molar-refractivity contribution in [3.8, 4) is 16.9 Å². The van der Waals surface area contributed by atoms with Crippen molar-refractivity contribution in [3.05, 3.63) is 52.2 Å². The molecule has 1 aromatic heterocycles. The molecule has 1 unspecified atom stereocenters. The molecule has 1 aromatic carbocycles. The van der Waals surface area contributed by atoms with Gasteiger partial charge >= 0.3 is 0 Å². The lowest BCUT2D eigenvalue weighted by Crippen LogP contribution is -2.50. The van der Waals surface area contributed by atoms with E-state index in [1.165, 1.54) is 5.48 Å². The van der Waals surface area contributed by atoms with E-state index >= 15 is 0 Å². The van der Waals surface area contributed by atoms with Gasteiger partial charge in [0.25, 0.3) is 11.5 Å². The largest absolute Gasteiger partial charge is 0.491 e. The Morgan fingerprint density at radius 3 is 2.23 bits per heavy atom. The van der Waals surface area contributed by atoms with Crippen LogP contribution >= 0.6 is 0 Å². The van der Waals surface area contributed by atoms with E-state index in [-0.39, 0.29) is 11.1 Å². The van der Waals surface area contributed by atoms with Crippen LogP contribution in [0.2, 0.25) is 0 Å². The number of aromatic nitrogens is 1. The Labute approximate surface area is 169 Å². The van der Waals surface area contributed by atoms with Crippen LogP contribution in [0.1, 0.15) is 13.3 Å². The molecule has 0 radical (unpaired) electrons. The molecule has 2 N–H and O–H groups in total. The van der Waals surface area contributed by atoms with Gasteiger partial charge in [0.05, 0.1) is 7.11 Å². The molecule has 8 nitrogen and oxygen atoms in total. The van der Waals surface area contributed by atoms with Crippen LogP contribution in [0.5, 0.6) is 5.75 Å². The summed E-state index contributed by atoms with van der Waals surface area (Å²) in [4.78, 5) is 24.2. The molecule has 0 spiro atoms. The summed E-state index contributed by atoms with van der Waals surface area (Å²) < 4.78 is 69.6. The van der Waals surface area contributed by atoms with Gasteiger partial charge in [-0.1, -0.05) is 0 Å². The molecule has 164 valence electrons. The van der Waals surface area contributed by atoms with Crippen molar-refractivity contribution in [3.63, 3.8) is 0 Å². The van der Waals surface area contributed by atoms with Crippen molar-refractivity contribution >= 4 is 15.7 Å². The van der Waals surface area contributed by atoms with E-state index in [9.17, 15) is 31.2 Å². The molecule has 0 fully saturated rings. The summed E-state index contributed by atoms with van der Waals surface area (Å²) in [5, 5.41) is 8.81. The molecule has 0 aliphatic heterocycles. The highest BCUT2D eigenvalue weighted by Gasteiger charge is 2.43. The molecule has 2 rings (SSSR count). The predicted octanol–water partition coefficient (Wildman–Crippen LogP) is 1.64. The Hall–Kier alpha value is -2.86. The number of rotatable bonds is 7. The van der Waals surface area contributed by atoms with Gasteiger partial charge in [0.1, 0.15) is 5.82 Å². The molecule has 0 aliphatic rings. The number of nitrogens with zero attached hydrogens (tertiary/aromatic N) is 1. The minimum Gasteiger partial charge on any atom is -0.491 e. The fourth-order valence-electron chi connectivity index (χ4n) is 2.77. The van der Waals surface area contributed by atoms with Gasteiger partial charge in [-0.25, -0.2) is 27.1 Å². The number of nitrogens with one attached hydrogen (secondary N) is 1. The average molecular weight is 448 g/mol. The van der Waals surface area contributed by atoms with Gasteiger partial charge in [-0.15, -0.1) is 0 Å². The smallest absolute Gasteiger partial charge is 0.264 e. The molecule has 2 aromatic rings. The van der Waals surface area contributed by atoms with Crippen LogP contribution < -0.4 is 15.8 Å². The molecule has 12 heteroatoms. The molecule has 0 saturated carbocycles. The van der Waals surface area contributed by atoms with E-state index in [1.54, 1.807) is 0 Å². The monoisotopic (exact) mass is 448 g/mol. The topological polar surface area (TPSA) is 115 Å². The normalized spacial score (nSPS) is 13.6. The number of hydroxylamine groups is 1. The summed E-state index contributed by atoms with van der Waals surface area (Å²) in [5.41, 5.74) is -0.160. The number of methoxy groups -OCH3 is 1. The number of sulfone groups is 1. The summed E-state index contributed by atoms with van der Waals surface area (Å²) >= 11 is 0. The summed E-state index contributed by atoms with van der Waals surface area (Å²) in [6, 6.07) is 2.40. The van der Waals surface area contributed by atoms with Crippen molar-refractivity contribution in [2.24, 2.45) is 0 Å². The first-order valence-corrected chi connectivity index (χ1v) is 10.3. The summed E-state index contributed by atoms with van der Waals surface area (Å²) in [5.74, 6) is -5.05. The number of amides is 1. The number of carbonyl (C=O) groups is 1. The molecule has 30 heavy (non-hydrogen) atoms. The van der Waals surface area contributed by atoms with Crippen LogP contribution in [0.3, 0.4) is 0 Å². The Kier molecular flexibility index (Phi) is 6.62. The quantitative estimate of drug-likeness (QED) is 0.492. The fraction of sp³-hybridized carbons (Fsp3) is 0.333. The van der Waals surface area contributed by atoms with Gasteiger partial charge < -0.3 is 9.30 Å². The van der Waals surface area contributed by atoms with Crippen molar-refractivity contribution in [1.29, 1.82) is 0 Å². The van der Waals surface area contributed by atoms with Gasteiger partial charge in [-0.3, -0.25) is 14.8 Å². The maximum atomic E-state index is 14.6. The van der Waals surface area contributed by atoms with E-state index < -0.39 is 62.2 Å². The van der Waals surface area contributed by atoms with Crippen LogP contribution in [0.15, 0.2) is 29.2 Å².